The van der Waals surface area contributed by atoms with Gasteiger partial charge in [0.2, 0.25) is 0 Å². The van der Waals surface area contributed by atoms with Gasteiger partial charge >= 0.3 is 11.9 Å². The number of carbonyl (C=O) groups excluding carboxylic acids is 2. The van der Waals surface area contributed by atoms with Crippen molar-refractivity contribution in [2.45, 2.75) is 205 Å². The molecule has 2 unspecified atom stereocenters. The van der Waals surface area contributed by atoms with Gasteiger partial charge in [-0.2, -0.15) is 0 Å². The zero-order valence-corrected chi connectivity index (χ0v) is 30.9. The van der Waals surface area contributed by atoms with Crippen molar-refractivity contribution in [1.29, 1.82) is 0 Å². The highest BCUT2D eigenvalue weighted by Gasteiger charge is 2.44. The van der Waals surface area contributed by atoms with Gasteiger partial charge in [0, 0.05) is 12.8 Å². The number of aliphatic hydroxyl groups excluding tert-OH is 4. The van der Waals surface area contributed by atoms with Crippen LogP contribution in [0.15, 0.2) is 12.2 Å². The SMILES string of the molecule is CCCCCCCC/C=C/CCCCCCCC(=O)OC[C@@H](CO[C@H]1O[C@@H](CO)[C@@H](O)C(O)C1O)OC(=O)CCCCCCCCCCC. The first-order chi connectivity index (χ1) is 23.8. The summed E-state index contributed by atoms with van der Waals surface area (Å²) in [6, 6.07) is 0. The van der Waals surface area contributed by atoms with Crippen LogP contribution in [0.1, 0.15) is 168 Å². The maximum absolute atomic E-state index is 12.6. The third-order valence-corrected chi connectivity index (χ3v) is 9.15. The van der Waals surface area contributed by atoms with Crippen LogP contribution in [0, 0.1) is 0 Å². The van der Waals surface area contributed by atoms with Gasteiger partial charge in [-0.3, -0.25) is 9.59 Å². The molecule has 0 aromatic heterocycles. The molecular weight excluding hydrogens is 628 g/mol. The summed E-state index contributed by atoms with van der Waals surface area (Å²) in [5, 5.41) is 39.9. The maximum Gasteiger partial charge on any atom is 0.306 e. The first-order valence-electron chi connectivity index (χ1n) is 19.8. The molecule has 49 heavy (non-hydrogen) atoms. The minimum atomic E-state index is -1.59. The lowest BCUT2D eigenvalue weighted by atomic mass is 9.99. The third kappa shape index (κ3) is 23.5. The van der Waals surface area contributed by atoms with Crippen molar-refractivity contribution in [1.82, 2.24) is 0 Å². The quantitative estimate of drug-likeness (QED) is 0.0322. The summed E-state index contributed by atoms with van der Waals surface area (Å²) in [7, 11) is 0. The minimum absolute atomic E-state index is 0.217. The van der Waals surface area contributed by atoms with Crippen LogP contribution in [-0.2, 0) is 28.5 Å². The van der Waals surface area contributed by atoms with Gasteiger partial charge in [0.1, 0.15) is 31.0 Å². The Labute approximate surface area is 297 Å². The Hall–Kier alpha value is -1.56. The number of esters is 2. The molecular formula is C39H72O10. The molecule has 1 aliphatic heterocycles. The summed E-state index contributed by atoms with van der Waals surface area (Å²) >= 11 is 0. The van der Waals surface area contributed by atoms with E-state index in [2.05, 4.69) is 26.0 Å². The maximum atomic E-state index is 12.6. The van der Waals surface area contributed by atoms with Crippen LogP contribution < -0.4 is 0 Å². The monoisotopic (exact) mass is 701 g/mol. The predicted molar refractivity (Wildman–Crippen MR) is 192 cm³/mol. The van der Waals surface area contributed by atoms with Crippen LogP contribution in [0.2, 0.25) is 0 Å². The molecule has 0 bridgehead atoms. The Balaban J connectivity index is 2.37. The lowest BCUT2D eigenvalue weighted by molar-refractivity contribution is -0.305. The number of hydrogen-bond donors (Lipinski definition) is 4. The van der Waals surface area contributed by atoms with Gasteiger partial charge in [0.05, 0.1) is 13.2 Å². The highest BCUT2D eigenvalue weighted by atomic mass is 16.7. The van der Waals surface area contributed by atoms with Crippen LogP contribution in [-0.4, -0.2) is 89.0 Å². The molecule has 10 nitrogen and oxygen atoms in total. The molecule has 288 valence electrons. The zero-order chi connectivity index (χ0) is 36.0. The van der Waals surface area contributed by atoms with Gasteiger partial charge in [-0.25, -0.2) is 0 Å². The fourth-order valence-corrected chi connectivity index (χ4v) is 5.95. The molecule has 1 heterocycles. The van der Waals surface area contributed by atoms with Gasteiger partial charge in [0.25, 0.3) is 0 Å². The van der Waals surface area contributed by atoms with E-state index in [0.717, 1.165) is 57.8 Å². The summed E-state index contributed by atoms with van der Waals surface area (Å²) in [4.78, 5) is 25.1. The molecule has 1 rings (SSSR count). The molecule has 0 amide bonds. The summed E-state index contributed by atoms with van der Waals surface area (Å²) in [5.74, 6) is -0.816. The Morgan fingerprint density at radius 2 is 1.08 bits per heavy atom. The summed E-state index contributed by atoms with van der Waals surface area (Å²) < 4.78 is 22.0. The summed E-state index contributed by atoms with van der Waals surface area (Å²) in [6.45, 7) is 3.37. The normalized spacial score (nSPS) is 21.6. The van der Waals surface area contributed by atoms with Crippen molar-refractivity contribution >= 4 is 11.9 Å². The zero-order valence-electron chi connectivity index (χ0n) is 30.9. The Bertz CT molecular complexity index is 820. The van der Waals surface area contributed by atoms with E-state index in [0.29, 0.717) is 6.42 Å². The lowest BCUT2D eigenvalue weighted by Gasteiger charge is -2.39. The molecule has 0 aromatic rings. The molecule has 1 saturated heterocycles. The Morgan fingerprint density at radius 3 is 1.59 bits per heavy atom. The van der Waals surface area contributed by atoms with Crippen molar-refractivity contribution in [3.8, 4) is 0 Å². The standard InChI is InChI=1S/C39H72O10/c1-3-5-7-9-11-13-14-15-16-17-18-20-21-23-25-27-34(41)46-30-32(31-47-39-38(45)37(44)36(43)33(29-40)49-39)48-35(42)28-26-24-22-19-12-10-8-6-4-2/h15-16,32-33,36-40,43-45H,3-14,17-31H2,1-2H3/b16-15+/t32-,33-,36+,37?,38?,39-/m0/s1. The van der Waals surface area contributed by atoms with E-state index in [4.69, 9.17) is 18.9 Å². The molecule has 0 saturated carbocycles. The molecule has 1 fully saturated rings. The van der Waals surface area contributed by atoms with Crippen LogP contribution in [0.3, 0.4) is 0 Å². The first-order valence-corrected chi connectivity index (χ1v) is 19.8. The molecule has 6 atom stereocenters. The number of aliphatic hydroxyl groups is 4. The van der Waals surface area contributed by atoms with E-state index in [1.54, 1.807) is 0 Å². The average molecular weight is 701 g/mol. The topological polar surface area (TPSA) is 152 Å². The van der Waals surface area contributed by atoms with Gasteiger partial charge in [-0.1, -0.05) is 129 Å². The van der Waals surface area contributed by atoms with E-state index in [1.165, 1.54) is 77.0 Å². The second-order valence-electron chi connectivity index (χ2n) is 13.7. The van der Waals surface area contributed by atoms with E-state index < -0.39 is 49.4 Å². The number of unbranched alkanes of at least 4 members (excludes halogenated alkanes) is 19. The van der Waals surface area contributed by atoms with Gasteiger partial charge in [-0.15, -0.1) is 0 Å². The molecule has 10 heteroatoms. The van der Waals surface area contributed by atoms with Gasteiger partial charge in [0.15, 0.2) is 12.4 Å². The molecule has 0 radical (unpaired) electrons. The number of allylic oxidation sites excluding steroid dienone is 2. The second kappa shape index (κ2) is 31.2. The second-order valence-corrected chi connectivity index (χ2v) is 13.7. The van der Waals surface area contributed by atoms with E-state index in [9.17, 15) is 30.0 Å². The molecule has 0 aliphatic carbocycles. The van der Waals surface area contributed by atoms with E-state index >= 15 is 0 Å². The number of hydrogen-bond acceptors (Lipinski definition) is 10. The smallest absolute Gasteiger partial charge is 0.306 e. The summed E-state index contributed by atoms with van der Waals surface area (Å²) in [5.41, 5.74) is 0. The van der Waals surface area contributed by atoms with E-state index in [1.807, 2.05) is 0 Å². The minimum Gasteiger partial charge on any atom is -0.462 e. The van der Waals surface area contributed by atoms with Crippen molar-refractivity contribution in [2.24, 2.45) is 0 Å². The Morgan fingerprint density at radius 1 is 0.612 bits per heavy atom. The number of carbonyl (C=O) groups is 2. The van der Waals surface area contributed by atoms with Crippen LogP contribution in [0.4, 0.5) is 0 Å². The number of ether oxygens (including phenoxy) is 4. The van der Waals surface area contributed by atoms with E-state index in [-0.39, 0.29) is 32.0 Å². The fraction of sp³-hybridized carbons (Fsp3) is 0.897. The van der Waals surface area contributed by atoms with Crippen molar-refractivity contribution in [2.75, 3.05) is 19.8 Å². The molecule has 0 spiro atoms. The lowest BCUT2D eigenvalue weighted by Crippen LogP contribution is -2.59. The highest BCUT2D eigenvalue weighted by molar-refractivity contribution is 5.70. The molecule has 1 aliphatic rings. The third-order valence-electron chi connectivity index (χ3n) is 9.15. The van der Waals surface area contributed by atoms with Gasteiger partial charge < -0.3 is 39.4 Å². The number of rotatable bonds is 32. The van der Waals surface area contributed by atoms with Crippen LogP contribution >= 0.6 is 0 Å². The summed E-state index contributed by atoms with van der Waals surface area (Å²) in [6.07, 6.45) is 22.3. The van der Waals surface area contributed by atoms with Crippen molar-refractivity contribution in [3.63, 3.8) is 0 Å². The van der Waals surface area contributed by atoms with Crippen LogP contribution in [0.5, 0.6) is 0 Å². The van der Waals surface area contributed by atoms with Crippen molar-refractivity contribution < 1.29 is 49.0 Å². The van der Waals surface area contributed by atoms with Gasteiger partial charge in [-0.05, 0) is 38.5 Å². The van der Waals surface area contributed by atoms with Crippen LogP contribution in [0.25, 0.3) is 0 Å². The molecule has 4 N–H and O–H groups in total. The predicted octanol–water partition coefficient (Wildman–Crippen LogP) is 7.22. The largest absolute Gasteiger partial charge is 0.462 e. The highest BCUT2D eigenvalue weighted by Crippen LogP contribution is 2.22. The molecule has 0 aromatic carbocycles. The Kier molecular flexibility index (Phi) is 28.9. The van der Waals surface area contributed by atoms with Crippen molar-refractivity contribution in [3.05, 3.63) is 12.2 Å². The fourth-order valence-electron chi connectivity index (χ4n) is 5.95. The first kappa shape index (κ1) is 45.5. The average Bonchev–Trinajstić information content (AvgIpc) is 3.10.